The van der Waals surface area contributed by atoms with E-state index in [1.54, 1.807) is 6.40 Å². The molecule has 0 aromatic carbocycles. The molecule has 3 nitrogen and oxygen atoms in total. The van der Waals surface area contributed by atoms with E-state index in [1.807, 2.05) is 18.5 Å². The van der Waals surface area contributed by atoms with Gasteiger partial charge in [0.05, 0.1) is 0 Å². The van der Waals surface area contributed by atoms with Gasteiger partial charge >= 0.3 is 0 Å². The standard InChI is InChI=1S/C14H18N2O/c1-2-4-8-14(7-3-1)13(16-11-17-14)12-6-5-9-15-10-12/h5-6,9-11,13H,1-4,7-8H2. The quantitative estimate of drug-likeness (QED) is 0.742. The second kappa shape index (κ2) is 4.47. The van der Waals surface area contributed by atoms with Gasteiger partial charge in [0.1, 0.15) is 11.6 Å². The van der Waals surface area contributed by atoms with Crippen LogP contribution in [0, 0.1) is 0 Å². The van der Waals surface area contributed by atoms with Crippen LogP contribution in [0.25, 0.3) is 0 Å². The third kappa shape index (κ3) is 1.94. The van der Waals surface area contributed by atoms with Crippen molar-refractivity contribution in [3.63, 3.8) is 0 Å². The van der Waals surface area contributed by atoms with E-state index in [-0.39, 0.29) is 11.6 Å². The summed E-state index contributed by atoms with van der Waals surface area (Å²) >= 11 is 0. The number of ether oxygens (including phenoxy) is 1. The first-order chi connectivity index (χ1) is 8.41. The molecule has 17 heavy (non-hydrogen) atoms. The predicted octanol–water partition coefficient (Wildman–Crippen LogP) is 3.27. The van der Waals surface area contributed by atoms with Crippen molar-refractivity contribution in [1.29, 1.82) is 0 Å². The minimum Gasteiger partial charge on any atom is -0.475 e. The van der Waals surface area contributed by atoms with E-state index < -0.39 is 0 Å². The topological polar surface area (TPSA) is 34.5 Å². The zero-order valence-corrected chi connectivity index (χ0v) is 10.0. The van der Waals surface area contributed by atoms with Gasteiger partial charge in [-0.05, 0) is 37.3 Å². The molecule has 0 saturated heterocycles. The Bertz CT molecular complexity index is 394. The van der Waals surface area contributed by atoms with Gasteiger partial charge in [-0.15, -0.1) is 0 Å². The Morgan fingerprint density at radius 2 is 2.00 bits per heavy atom. The second-order valence-electron chi connectivity index (χ2n) is 5.04. The Morgan fingerprint density at radius 3 is 2.71 bits per heavy atom. The third-order valence-corrected chi connectivity index (χ3v) is 3.95. The summed E-state index contributed by atoms with van der Waals surface area (Å²) in [7, 11) is 0. The smallest absolute Gasteiger partial charge is 0.171 e. The monoisotopic (exact) mass is 230 g/mol. The van der Waals surface area contributed by atoms with Crippen LogP contribution in [0.2, 0.25) is 0 Å². The first-order valence-corrected chi connectivity index (χ1v) is 6.50. The van der Waals surface area contributed by atoms with Gasteiger partial charge in [0, 0.05) is 12.4 Å². The summed E-state index contributed by atoms with van der Waals surface area (Å²) < 4.78 is 5.91. The molecule has 2 heterocycles. The van der Waals surface area contributed by atoms with Crippen LogP contribution < -0.4 is 0 Å². The molecule has 2 aliphatic rings. The number of aromatic nitrogens is 1. The molecule has 1 aromatic heterocycles. The molecular weight excluding hydrogens is 212 g/mol. The Labute approximate surface area is 102 Å². The van der Waals surface area contributed by atoms with Gasteiger partial charge in [-0.2, -0.15) is 0 Å². The first-order valence-electron chi connectivity index (χ1n) is 6.50. The van der Waals surface area contributed by atoms with Gasteiger partial charge in [-0.25, -0.2) is 4.99 Å². The Hall–Kier alpha value is -1.38. The normalized spacial score (nSPS) is 26.7. The van der Waals surface area contributed by atoms with E-state index in [0.29, 0.717) is 0 Å². The van der Waals surface area contributed by atoms with E-state index in [0.717, 1.165) is 12.8 Å². The van der Waals surface area contributed by atoms with Crippen molar-refractivity contribution in [3.05, 3.63) is 30.1 Å². The molecule has 1 saturated carbocycles. The predicted molar refractivity (Wildman–Crippen MR) is 67.0 cm³/mol. The average Bonchev–Trinajstić information content (AvgIpc) is 2.63. The highest BCUT2D eigenvalue weighted by molar-refractivity contribution is 5.52. The highest BCUT2D eigenvalue weighted by Crippen LogP contribution is 2.44. The summed E-state index contributed by atoms with van der Waals surface area (Å²) in [4.78, 5) is 8.74. The summed E-state index contributed by atoms with van der Waals surface area (Å²) in [6.07, 6.45) is 12.8. The van der Waals surface area contributed by atoms with Crippen molar-refractivity contribution >= 4 is 6.40 Å². The molecule has 0 amide bonds. The maximum absolute atomic E-state index is 5.91. The summed E-state index contributed by atoms with van der Waals surface area (Å²) in [6, 6.07) is 4.23. The van der Waals surface area contributed by atoms with Crippen molar-refractivity contribution in [1.82, 2.24) is 4.98 Å². The van der Waals surface area contributed by atoms with E-state index >= 15 is 0 Å². The van der Waals surface area contributed by atoms with E-state index in [9.17, 15) is 0 Å². The molecule has 1 atom stereocenters. The lowest BCUT2D eigenvalue weighted by Gasteiger charge is -2.32. The molecule has 1 aromatic rings. The fraction of sp³-hybridized carbons (Fsp3) is 0.571. The van der Waals surface area contributed by atoms with Crippen LogP contribution in [0.5, 0.6) is 0 Å². The minimum atomic E-state index is -0.0838. The molecule has 3 heteroatoms. The summed E-state index contributed by atoms with van der Waals surface area (Å²) in [5.41, 5.74) is 1.10. The van der Waals surface area contributed by atoms with Crippen molar-refractivity contribution in [2.75, 3.05) is 0 Å². The van der Waals surface area contributed by atoms with E-state index in [2.05, 4.69) is 16.0 Å². The van der Waals surface area contributed by atoms with Gasteiger partial charge in [0.15, 0.2) is 6.40 Å². The van der Waals surface area contributed by atoms with Crippen molar-refractivity contribution in [2.45, 2.75) is 50.2 Å². The summed E-state index contributed by atoms with van der Waals surface area (Å²) in [6.45, 7) is 0. The first kappa shape index (κ1) is 10.8. The largest absolute Gasteiger partial charge is 0.475 e. The van der Waals surface area contributed by atoms with E-state index in [1.165, 1.54) is 31.2 Å². The van der Waals surface area contributed by atoms with Crippen LogP contribution in [-0.4, -0.2) is 17.0 Å². The number of hydrogen-bond acceptors (Lipinski definition) is 3. The molecule has 1 aliphatic carbocycles. The Kier molecular flexibility index (Phi) is 2.83. The minimum absolute atomic E-state index is 0.0838. The maximum atomic E-state index is 5.91. The highest BCUT2D eigenvalue weighted by Gasteiger charge is 2.44. The van der Waals surface area contributed by atoms with Crippen LogP contribution in [0.3, 0.4) is 0 Å². The van der Waals surface area contributed by atoms with Crippen molar-refractivity contribution < 1.29 is 4.74 Å². The second-order valence-corrected chi connectivity index (χ2v) is 5.04. The van der Waals surface area contributed by atoms with Crippen molar-refractivity contribution in [2.24, 2.45) is 4.99 Å². The fourth-order valence-corrected chi connectivity index (χ4v) is 3.04. The number of hydrogen-bond donors (Lipinski definition) is 0. The van der Waals surface area contributed by atoms with Gasteiger partial charge < -0.3 is 4.74 Å². The summed E-state index contributed by atoms with van der Waals surface area (Å²) in [5, 5.41) is 0. The molecule has 0 N–H and O–H groups in total. The molecule has 0 bridgehead atoms. The Morgan fingerprint density at radius 1 is 1.18 bits per heavy atom. The van der Waals surface area contributed by atoms with Crippen LogP contribution in [0.15, 0.2) is 29.5 Å². The molecule has 1 unspecified atom stereocenters. The highest BCUT2D eigenvalue weighted by atomic mass is 16.5. The van der Waals surface area contributed by atoms with Crippen LogP contribution in [-0.2, 0) is 4.74 Å². The van der Waals surface area contributed by atoms with E-state index in [4.69, 9.17) is 4.74 Å². The fourth-order valence-electron chi connectivity index (χ4n) is 3.04. The molecule has 1 fully saturated rings. The molecular formula is C14H18N2O. The number of aliphatic imine (C=N–C) groups is 1. The van der Waals surface area contributed by atoms with Gasteiger partial charge in [-0.3, -0.25) is 4.98 Å². The van der Waals surface area contributed by atoms with Gasteiger partial charge in [0.25, 0.3) is 0 Å². The number of nitrogens with zero attached hydrogens (tertiary/aromatic N) is 2. The lowest BCUT2D eigenvalue weighted by Crippen LogP contribution is -2.34. The SMILES string of the molecule is C1=NC(c2cccnc2)C2(CCCCCC2)O1. The maximum Gasteiger partial charge on any atom is 0.171 e. The molecule has 3 rings (SSSR count). The lowest BCUT2D eigenvalue weighted by atomic mass is 9.83. The third-order valence-electron chi connectivity index (χ3n) is 3.95. The van der Waals surface area contributed by atoms with Gasteiger partial charge in [-0.1, -0.05) is 18.9 Å². The number of rotatable bonds is 1. The zero-order chi connectivity index (χ0) is 11.6. The summed E-state index contributed by atoms with van der Waals surface area (Å²) in [5.74, 6) is 0. The van der Waals surface area contributed by atoms with Gasteiger partial charge in [0.2, 0.25) is 0 Å². The molecule has 90 valence electrons. The van der Waals surface area contributed by atoms with Crippen LogP contribution >= 0.6 is 0 Å². The molecule has 1 aliphatic heterocycles. The zero-order valence-electron chi connectivity index (χ0n) is 10.0. The van der Waals surface area contributed by atoms with Crippen LogP contribution in [0.4, 0.5) is 0 Å². The van der Waals surface area contributed by atoms with Crippen molar-refractivity contribution in [3.8, 4) is 0 Å². The number of pyridine rings is 1. The molecule has 1 spiro atoms. The van der Waals surface area contributed by atoms with Crippen LogP contribution in [0.1, 0.15) is 50.1 Å². The molecule has 0 radical (unpaired) electrons. The Balaban J connectivity index is 1.90. The average molecular weight is 230 g/mol. The lowest BCUT2D eigenvalue weighted by molar-refractivity contribution is 0.0444.